The van der Waals surface area contributed by atoms with E-state index < -0.39 is 0 Å². The first-order valence-corrected chi connectivity index (χ1v) is 8.38. The average Bonchev–Trinajstić information content (AvgIpc) is 2.64. The van der Waals surface area contributed by atoms with Crippen LogP contribution in [0.25, 0.3) is 0 Å². The minimum Gasteiger partial charge on any atom is -0.391 e. The predicted octanol–water partition coefficient (Wildman–Crippen LogP) is 2.39. The van der Waals surface area contributed by atoms with E-state index in [-0.39, 0.29) is 6.10 Å². The number of aliphatic hydroxyl groups is 1. The summed E-state index contributed by atoms with van der Waals surface area (Å²) in [5.74, 6) is 0.819. The molecule has 1 saturated heterocycles. The van der Waals surface area contributed by atoms with Crippen LogP contribution in [0.1, 0.15) is 58.8 Å². The van der Waals surface area contributed by atoms with Crippen LogP contribution in [0.15, 0.2) is 0 Å². The van der Waals surface area contributed by atoms with Crippen LogP contribution in [0, 0.1) is 5.92 Å². The Hall–Kier alpha value is -0.120. The maximum absolute atomic E-state index is 10.3. The summed E-state index contributed by atoms with van der Waals surface area (Å²) in [5.41, 5.74) is 0. The summed E-state index contributed by atoms with van der Waals surface area (Å²) < 4.78 is 0. The van der Waals surface area contributed by atoms with E-state index in [1.165, 1.54) is 51.6 Å². The van der Waals surface area contributed by atoms with Gasteiger partial charge in [0.05, 0.1) is 6.10 Å². The maximum atomic E-state index is 10.3. The highest BCUT2D eigenvalue weighted by Gasteiger charge is 2.31. The van der Waals surface area contributed by atoms with Crippen LogP contribution in [-0.2, 0) is 0 Å². The molecule has 2 fully saturated rings. The second kappa shape index (κ2) is 7.61. The third-order valence-corrected chi connectivity index (χ3v) is 5.22. The Morgan fingerprint density at radius 2 is 1.79 bits per heavy atom. The Kier molecular flexibility index (Phi) is 6.11. The van der Waals surface area contributed by atoms with E-state index in [0.717, 1.165) is 18.9 Å². The number of hydrogen-bond acceptors (Lipinski definition) is 3. The van der Waals surface area contributed by atoms with Gasteiger partial charge in [-0.25, -0.2) is 0 Å². The van der Waals surface area contributed by atoms with Crippen molar-refractivity contribution in [1.29, 1.82) is 0 Å². The van der Waals surface area contributed by atoms with Gasteiger partial charge in [0.15, 0.2) is 0 Å². The quantitative estimate of drug-likeness (QED) is 0.769. The number of nitrogens with zero attached hydrogens (tertiary/aromatic N) is 1. The van der Waals surface area contributed by atoms with E-state index in [4.69, 9.17) is 0 Å². The van der Waals surface area contributed by atoms with Crippen LogP contribution >= 0.6 is 0 Å². The third kappa shape index (κ3) is 4.17. The van der Waals surface area contributed by atoms with Crippen LogP contribution < -0.4 is 5.32 Å². The summed E-state index contributed by atoms with van der Waals surface area (Å²) in [4.78, 5) is 2.57. The first kappa shape index (κ1) is 15.3. The van der Waals surface area contributed by atoms with Gasteiger partial charge in [-0.2, -0.15) is 0 Å². The van der Waals surface area contributed by atoms with Gasteiger partial charge in [-0.05, 0) is 58.2 Å². The molecule has 2 rings (SSSR count). The number of piperidine rings is 1. The van der Waals surface area contributed by atoms with Gasteiger partial charge in [0.1, 0.15) is 0 Å². The summed E-state index contributed by atoms with van der Waals surface area (Å²) in [7, 11) is 0. The molecular formula is C16H32N2O. The van der Waals surface area contributed by atoms with Crippen molar-refractivity contribution >= 4 is 0 Å². The molecule has 2 N–H and O–H groups in total. The smallest absolute Gasteiger partial charge is 0.0695 e. The van der Waals surface area contributed by atoms with Crippen LogP contribution in [0.2, 0.25) is 0 Å². The van der Waals surface area contributed by atoms with Crippen molar-refractivity contribution < 1.29 is 5.11 Å². The molecule has 2 aliphatic rings. The zero-order chi connectivity index (χ0) is 13.7. The van der Waals surface area contributed by atoms with Gasteiger partial charge < -0.3 is 10.4 Å². The topological polar surface area (TPSA) is 35.5 Å². The Balaban J connectivity index is 1.81. The molecule has 3 atom stereocenters. The molecule has 3 unspecified atom stereocenters. The van der Waals surface area contributed by atoms with Crippen molar-refractivity contribution in [2.75, 3.05) is 19.6 Å². The molecule has 0 aromatic heterocycles. The van der Waals surface area contributed by atoms with E-state index in [9.17, 15) is 5.11 Å². The first-order chi connectivity index (χ1) is 9.22. The highest BCUT2D eigenvalue weighted by atomic mass is 16.3. The van der Waals surface area contributed by atoms with Crippen LogP contribution in [0.4, 0.5) is 0 Å². The zero-order valence-corrected chi connectivity index (χ0v) is 12.8. The molecule has 3 nitrogen and oxygen atoms in total. The van der Waals surface area contributed by atoms with Gasteiger partial charge in [0.25, 0.3) is 0 Å². The van der Waals surface area contributed by atoms with E-state index in [1.54, 1.807) is 0 Å². The van der Waals surface area contributed by atoms with Crippen molar-refractivity contribution in [2.24, 2.45) is 5.92 Å². The SMILES string of the molecule is CCNC(C)C1CCN(C2CCCCCC2O)CC1. The molecule has 1 aliphatic carbocycles. The van der Waals surface area contributed by atoms with Gasteiger partial charge in [-0.1, -0.05) is 26.2 Å². The third-order valence-electron chi connectivity index (χ3n) is 5.22. The lowest BCUT2D eigenvalue weighted by Gasteiger charge is -2.40. The Labute approximate surface area is 118 Å². The van der Waals surface area contributed by atoms with Gasteiger partial charge in [-0.3, -0.25) is 4.90 Å². The largest absolute Gasteiger partial charge is 0.391 e. The molecule has 1 saturated carbocycles. The highest BCUT2D eigenvalue weighted by Crippen LogP contribution is 2.28. The van der Waals surface area contributed by atoms with Crippen molar-refractivity contribution in [1.82, 2.24) is 10.2 Å². The standard InChI is InChI=1S/C16H32N2O/c1-3-17-13(2)14-9-11-18(12-10-14)15-7-5-4-6-8-16(15)19/h13-17,19H,3-12H2,1-2H3. The van der Waals surface area contributed by atoms with Crippen molar-refractivity contribution in [2.45, 2.75) is 77.0 Å². The molecule has 19 heavy (non-hydrogen) atoms. The Bertz CT molecular complexity index is 251. The summed E-state index contributed by atoms with van der Waals surface area (Å²) >= 11 is 0. The molecule has 1 aliphatic heterocycles. The molecule has 3 heteroatoms. The molecule has 0 bridgehead atoms. The Morgan fingerprint density at radius 3 is 2.47 bits per heavy atom. The lowest BCUT2D eigenvalue weighted by molar-refractivity contribution is 0.0220. The van der Waals surface area contributed by atoms with Crippen LogP contribution in [0.5, 0.6) is 0 Å². The second-order valence-electron chi connectivity index (χ2n) is 6.49. The summed E-state index contributed by atoms with van der Waals surface area (Å²) in [5, 5.41) is 13.9. The molecule has 0 radical (unpaired) electrons. The van der Waals surface area contributed by atoms with Crippen molar-refractivity contribution in [3.8, 4) is 0 Å². The molecule has 0 aromatic rings. The van der Waals surface area contributed by atoms with Gasteiger partial charge in [0.2, 0.25) is 0 Å². The molecule has 0 amide bonds. The predicted molar refractivity (Wildman–Crippen MR) is 80.3 cm³/mol. The van der Waals surface area contributed by atoms with E-state index in [0.29, 0.717) is 12.1 Å². The zero-order valence-electron chi connectivity index (χ0n) is 12.8. The average molecular weight is 268 g/mol. The fraction of sp³-hybridized carbons (Fsp3) is 1.00. The molecule has 0 aromatic carbocycles. The van der Waals surface area contributed by atoms with E-state index >= 15 is 0 Å². The summed E-state index contributed by atoms with van der Waals surface area (Å²) in [6.45, 7) is 7.95. The second-order valence-corrected chi connectivity index (χ2v) is 6.49. The summed E-state index contributed by atoms with van der Waals surface area (Å²) in [6, 6.07) is 1.09. The van der Waals surface area contributed by atoms with Crippen LogP contribution in [-0.4, -0.2) is 47.8 Å². The number of rotatable bonds is 4. The number of likely N-dealkylation sites (tertiary alicyclic amines) is 1. The van der Waals surface area contributed by atoms with Crippen LogP contribution in [0.3, 0.4) is 0 Å². The number of aliphatic hydroxyl groups excluding tert-OH is 1. The lowest BCUT2D eigenvalue weighted by Crippen LogP contribution is -2.49. The normalized spacial score (nSPS) is 33.0. The maximum Gasteiger partial charge on any atom is 0.0695 e. The minimum atomic E-state index is -0.0785. The van der Waals surface area contributed by atoms with E-state index in [2.05, 4.69) is 24.1 Å². The summed E-state index contributed by atoms with van der Waals surface area (Å²) in [6.07, 6.45) is 8.54. The molecule has 112 valence electrons. The monoisotopic (exact) mass is 268 g/mol. The Morgan fingerprint density at radius 1 is 1.11 bits per heavy atom. The van der Waals surface area contributed by atoms with Gasteiger partial charge in [-0.15, -0.1) is 0 Å². The fourth-order valence-corrected chi connectivity index (χ4v) is 3.93. The molecule has 0 spiro atoms. The molecular weight excluding hydrogens is 236 g/mol. The minimum absolute atomic E-state index is 0.0785. The van der Waals surface area contributed by atoms with Gasteiger partial charge >= 0.3 is 0 Å². The lowest BCUT2D eigenvalue weighted by atomic mass is 9.88. The van der Waals surface area contributed by atoms with Crippen molar-refractivity contribution in [3.05, 3.63) is 0 Å². The highest BCUT2D eigenvalue weighted by molar-refractivity contribution is 4.87. The van der Waals surface area contributed by atoms with Gasteiger partial charge in [0, 0.05) is 12.1 Å². The van der Waals surface area contributed by atoms with E-state index in [1.807, 2.05) is 0 Å². The fourth-order valence-electron chi connectivity index (χ4n) is 3.93. The number of hydrogen-bond donors (Lipinski definition) is 2. The number of nitrogens with one attached hydrogen (secondary N) is 1. The molecule has 1 heterocycles. The first-order valence-electron chi connectivity index (χ1n) is 8.38. The van der Waals surface area contributed by atoms with Crippen molar-refractivity contribution in [3.63, 3.8) is 0 Å².